The molecule has 0 spiro atoms. The molecular weight excluding hydrogens is 428 g/mol. The van der Waals surface area contributed by atoms with Crippen LogP contribution in [0.2, 0.25) is 0 Å². The van der Waals surface area contributed by atoms with E-state index in [2.05, 4.69) is 16.9 Å². The lowest BCUT2D eigenvalue weighted by Gasteiger charge is -2.21. The van der Waals surface area contributed by atoms with Gasteiger partial charge in [-0.05, 0) is 49.2 Å². The smallest absolute Gasteiger partial charge is 0.246 e. The fraction of sp³-hybridized carbons (Fsp3) is 0.296. The molecule has 0 aliphatic rings. The highest BCUT2D eigenvalue weighted by molar-refractivity contribution is 5.94. The monoisotopic (exact) mass is 460 g/mol. The van der Waals surface area contributed by atoms with Gasteiger partial charge in [0.25, 0.3) is 0 Å². The first-order valence-corrected chi connectivity index (χ1v) is 11.3. The summed E-state index contributed by atoms with van der Waals surface area (Å²) >= 11 is 0. The van der Waals surface area contributed by atoms with Crippen molar-refractivity contribution in [1.29, 1.82) is 0 Å². The molecule has 7 nitrogen and oxygen atoms in total. The van der Waals surface area contributed by atoms with Crippen molar-refractivity contribution in [2.75, 3.05) is 25.5 Å². The van der Waals surface area contributed by atoms with Crippen molar-refractivity contribution in [3.63, 3.8) is 0 Å². The van der Waals surface area contributed by atoms with Gasteiger partial charge in [-0.1, -0.05) is 37.6 Å². The average Bonchev–Trinajstić information content (AvgIpc) is 3.22. The number of rotatable bonds is 10. The van der Waals surface area contributed by atoms with Crippen LogP contribution in [0.3, 0.4) is 0 Å². The number of carbonyl (C=O) groups is 2. The molecule has 1 heterocycles. The van der Waals surface area contributed by atoms with E-state index in [1.54, 1.807) is 13.2 Å². The standard InChI is InChI=1S/C27H32N4O3/c1-6-15-30(26(33)16-19(2)3)18-25(32)29-27-28-24(21-9-13-23(34-5)14-10-21)17-31(27)22-11-7-20(4)8-12-22/h6-14,17,19H,1,15-16,18H2,2-5H3,(H,28,29,32). The van der Waals surface area contributed by atoms with E-state index in [9.17, 15) is 9.59 Å². The Morgan fingerprint density at radius 1 is 1.15 bits per heavy atom. The van der Waals surface area contributed by atoms with Crippen LogP contribution in [-0.2, 0) is 9.59 Å². The quantitative estimate of drug-likeness (QED) is 0.439. The van der Waals surface area contributed by atoms with Crippen LogP contribution in [0.4, 0.5) is 5.95 Å². The minimum atomic E-state index is -0.320. The van der Waals surface area contributed by atoms with E-state index in [1.807, 2.05) is 80.1 Å². The van der Waals surface area contributed by atoms with Crippen LogP contribution in [0.1, 0.15) is 25.8 Å². The van der Waals surface area contributed by atoms with E-state index in [4.69, 9.17) is 4.74 Å². The van der Waals surface area contributed by atoms with E-state index in [0.717, 1.165) is 22.6 Å². The van der Waals surface area contributed by atoms with Gasteiger partial charge in [-0.15, -0.1) is 6.58 Å². The molecule has 1 aromatic heterocycles. The maximum absolute atomic E-state index is 12.9. The van der Waals surface area contributed by atoms with Gasteiger partial charge in [0, 0.05) is 30.4 Å². The maximum Gasteiger partial charge on any atom is 0.246 e. The van der Waals surface area contributed by atoms with Gasteiger partial charge in [0.05, 0.1) is 12.8 Å². The van der Waals surface area contributed by atoms with Gasteiger partial charge in [-0.2, -0.15) is 0 Å². The number of nitrogens with one attached hydrogen (secondary N) is 1. The molecule has 178 valence electrons. The molecule has 2 amide bonds. The summed E-state index contributed by atoms with van der Waals surface area (Å²) in [6, 6.07) is 15.5. The van der Waals surface area contributed by atoms with Gasteiger partial charge < -0.3 is 9.64 Å². The van der Waals surface area contributed by atoms with Crippen molar-refractivity contribution in [1.82, 2.24) is 14.5 Å². The molecular formula is C27H32N4O3. The molecule has 0 unspecified atom stereocenters. The Kier molecular flexibility index (Phi) is 8.24. The molecule has 0 radical (unpaired) electrons. The van der Waals surface area contributed by atoms with Gasteiger partial charge in [0.15, 0.2) is 0 Å². The van der Waals surface area contributed by atoms with Crippen LogP contribution in [0.5, 0.6) is 5.75 Å². The topological polar surface area (TPSA) is 76.5 Å². The van der Waals surface area contributed by atoms with Crippen molar-refractivity contribution >= 4 is 17.8 Å². The number of imidazole rings is 1. The maximum atomic E-state index is 12.9. The van der Waals surface area contributed by atoms with Crippen molar-refractivity contribution < 1.29 is 14.3 Å². The molecule has 7 heteroatoms. The van der Waals surface area contributed by atoms with Gasteiger partial charge in [0.2, 0.25) is 17.8 Å². The average molecular weight is 461 g/mol. The number of hydrogen-bond acceptors (Lipinski definition) is 4. The zero-order chi connectivity index (χ0) is 24.7. The molecule has 0 aliphatic carbocycles. The summed E-state index contributed by atoms with van der Waals surface area (Å²) in [7, 11) is 1.62. The Morgan fingerprint density at radius 2 is 1.82 bits per heavy atom. The first kappa shape index (κ1) is 24.8. The number of benzene rings is 2. The molecule has 0 fully saturated rings. The summed E-state index contributed by atoms with van der Waals surface area (Å²) in [6.07, 6.45) is 3.88. The van der Waals surface area contributed by atoms with Crippen molar-refractivity contribution in [3.05, 3.63) is 72.9 Å². The second-order valence-electron chi connectivity index (χ2n) is 8.59. The predicted octanol–water partition coefficient (Wildman–Crippen LogP) is 4.86. The highest BCUT2D eigenvalue weighted by Gasteiger charge is 2.19. The molecule has 0 bridgehead atoms. The number of methoxy groups -OCH3 is 1. The van der Waals surface area contributed by atoms with Gasteiger partial charge >= 0.3 is 0 Å². The zero-order valence-electron chi connectivity index (χ0n) is 20.2. The van der Waals surface area contributed by atoms with Crippen molar-refractivity contribution in [2.45, 2.75) is 27.2 Å². The number of hydrogen-bond donors (Lipinski definition) is 1. The van der Waals surface area contributed by atoms with Crippen LogP contribution >= 0.6 is 0 Å². The third-order valence-corrected chi connectivity index (χ3v) is 5.27. The molecule has 2 aromatic carbocycles. The van der Waals surface area contributed by atoms with Crippen LogP contribution in [0.15, 0.2) is 67.4 Å². The Balaban J connectivity index is 1.89. The van der Waals surface area contributed by atoms with Crippen LogP contribution in [0.25, 0.3) is 16.9 Å². The summed E-state index contributed by atoms with van der Waals surface area (Å²) in [4.78, 5) is 31.7. The highest BCUT2D eigenvalue weighted by Crippen LogP contribution is 2.26. The first-order valence-electron chi connectivity index (χ1n) is 11.3. The number of nitrogens with zero attached hydrogens (tertiary/aromatic N) is 3. The molecule has 3 aromatic rings. The fourth-order valence-corrected chi connectivity index (χ4v) is 3.50. The molecule has 0 atom stereocenters. The summed E-state index contributed by atoms with van der Waals surface area (Å²) in [5.41, 5.74) is 3.60. The van der Waals surface area contributed by atoms with E-state index in [-0.39, 0.29) is 24.3 Å². The molecule has 1 N–H and O–H groups in total. The van der Waals surface area contributed by atoms with Crippen LogP contribution in [0, 0.1) is 12.8 Å². The number of aromatic nitrogens is 2. The molecule has 0 saturated heterocycles. The minimum Gasteiger partial charge on any atom is -0.497 e. The molecule has 3 rings (SSSR count). The largest absolute Gasteiger partial charge is 0.497 e. The first-order chi connectivity index (χ1) is 16.3. The summed E-state index contributed by atoms with van der Waals surface area (Å²) in [6.45, 7) is 9.92. The molecule has 0 aliphatic heterocycles. The number of amides is 2. The Hall–Kier alpha value is -3.87. The second kappa shape index (κ2) is 11.3. The summed E-state index contributed by atoms with van der Waals surface area (Å²) in [5, 5.41) is 2.89. The number of anilines is 1. The van der Waals surface area contributed by atoms with Crippen LogP contribution < -0.4 is 10.1 Å². The van der Waals surface area contributed by atoms with E-state index in [1.165, 1.54) is 4.90 Å². The summed E-state index contributed by atoms with van der Waals surface area (Å²) < 4.78 is 7.08. The zero-order valence-corrected chi connectivity index (χ0v) is 20.2. The fourth-order valence-electron chi connectivity index (χ4n) is 3.50. The normalized spacial score (nSPS) is 10.7. The summed E-state index contributed by atoms with van der Waals surface area (Å²) in [5.74, 6) is 0.943. The number of aryl methyl sites for hydroxylation is 1. The third-order valence-electron chi connectivity index (χ3n) is 5.27. The second-order valence-corrected chi connectivity index (χ2v) is 8.59. The van der Waals surface area contributed by atoms with E-state index >= 15 is 0 Å². The van der Waals surface area contributed by atoms with Gasteiger partial charge in [0.1, 0.15) is 12.3 Å². The third kappa shape index (κ3) is 6.34. The lowest BCUT2D eigenvalue weighted by molar-refractivity contribution is -0.134. The van der Waals surface area contributed by atoms with E-state index in [0.29, 0.717) is 24.6 Å². The highest BCUT2D eigenvalue weighted by atomic mass is 16.5. The van der Waals surface area contributed by atoms with Crippen molar-refractivity contribution in [2.24, 2.45) is 5.92 Å². The van der Waals surface area contributed by atoms with Crippen molar-refractivity contribution in [3.8, 4) is 22.7 Å². The Labute approximate surface area is 201 Å². The van der Waals surface area contributed by atoms with E-state index < -0.39 is 0 Å². The Bertz CT molecular complexity index is 1130. The number of ether oxygens (including phenoxy) is 1. The Morgan fingerprint density at radius 3 is 2.41 bits per heavy atom. The van der Waals surface area contributed by atoms with Gasteiger partial charge in [-0.25, -0.2) is 4.98 Å². The van der Waals surface area contributed by atoms with Gasteiger partial charge in [-0.3, -0.25) is 19.5 Å². The lowest BCUT2D eigenvalue weighted by Crippen LogP contribution is -2.38. The SMILES string of the molecule is C=CCN(CC(=O)Nc1nc(-c2ccc(OC)cc2)cn1-c1ccc(C)cc1)C(=O)CC(C)C. The number of carbonyl (C=O) groups excluding carboxylic acids is 2. The molecule has 34 heavy (non-hydrogen) atoms. The lowest BCUT2D eigenvalue weighted by atomic mass is 10.1. The minimum absolute atomic E-state index is 0.0732. The predicted molar refractivity (Wildman–Crippen MR) is 135 cm³/mol. The molecule has 0 saturated carbocycles. The van der Waals surface area contributed by atoms with Crippen LogP contribution in [-0.4, -0.2) is 46.5 Å².